The average molecular weight is 346 g/mol. The molecule has 1 amide bonds. The Morgan fingerprint density at radius 3 is 3.12 bits per heavy atom. The standard InChI is InChI=1S/C19H18N6O/c26-19(13-4-5-14-16(11-13)21-12-20-14)24-9-2-1-3-17(24)15-7-10-25-18(23-15)6-8-22-25/h4-8,10-12,17H,1-3,9H2,(H,20,21). The van der Waals surface area contributed by atoms with Gasteiger partial charge in [0.05, 0.1) is 35.3 Å². The molecule has 7 heteroatoms. The van der Waals surface area contributed by atoms with Crippen molar-refractivity contribution in [3.63, 3.8) is 0 Å². The Bertz CT molecular complexity index is 1100. The molecule has 1 unspecified atom stereocenters. The molecule has 0 bridgehead atoms. The normalized spacial score (nSPS) is 17.8. The van der Waals surface area contributed by atoms with Crippen LogP contribution in [0.15, 0.2) is 49.1 Å². The van der Waals surface area contributed by atoms with Crippen molar-refractivity contribution in [3.05, 3.63) is 60.3 Å². The van der Waals surface area contributed by atoms with Gasteiger partial charge in [0.2, 0.25) is 0 Å². The van der Waals surface area contributed by atoms with Crippen LogP contribution in [0.5, 0.6) is 0 Å². The molecule has 0 aliphatic carbocycles. The van der Waals surface area contributed by atoms with E-state index >= 15 is 0 Å². The average Bonchev–Trinajstić information content (AvgIpc) is 3.35. The van der Waals surface area contributed by atoms with Crippen molar-refractivity contribution in [1.29, 1.82) is 0 Å². The van der Waals surface area contributed by atoms with Crippen LogP contribution in [0.2, 0.25) is 0 Å². The maximum absolute atomic E-state index is 13.2. The van der Waals surface area contributed by atoms with Crippen molar-refractivity contribution in [2.45, 2.75) is 25.3 Å². The second kappa shape index (κ2) is 5.94. The number of carbonyl (C=O) groups excluding carboxylic acids is 1. The predicted octanol–water partition coefficient (Wildman–Crippen LogP) is 2.97. The molecule has 3 aromatic heterocycles. The first-order chi connectivity index (χ1) is 12.8. The van der Waals surface area contributed by atoms with Crippen LogP contribution in [-0.2, 0) is 0 Å². The quantitative estimate of drug-likeness (QED) is 0.605. The summed E-state index contributed by atoms with van der Waals surface area (Å²) >= 11 is 0. The third kappa shape index (κ3) is 2.44. The number of rotatable bonds is 2. The fourth-order valence-electron chi connectivity index (χ4n) is 3.73. The number of nitrogens with zero attached hydrogens (tertiary/aromatic N) is 5. The minimum atomic E-state index is -0.00591. The Labute approximate surface area is 149 Å². The van der Waals surface area contributed by atoms with E-state index in [2.05, 4.69) is 15.1 Å². The highest BCUT2D eigenvalue weighted by Crippen LogP contribution is 2.31. The third-order valence-electron chi connectivity index (χ3n) is 5.05. The van der Waals surface area contributed by atoms with Crippen LogP contribution >= 0.6 is 0 Å². The molecule has 1 saturated heterocycles. The fraction of sp³-hybridized carbons (Fsp3) is 0.263. The van der Waals surface area contributed by atoms with Gasteiger partial charge in [-0.15, -0.1) is 0 Å². The number of aromatic nitrogens is 5. The van der Waals surface area contributed by atoms with Gasteiger partial charge in [-0.1, -0.05) is 0 Å². The van der Waals surface area contributed by atoms with E-state index in [1.807, 2.05) is 41.4 Å². The summed E-state index contributed by atoms with van der Waals surface area (Å²) in [7, 11) is 0. The molecule has 0 saturated carbocycles. The van der Waals surface area contributed by atoms with Gasteiger partial charge in [0, 0.05) is 24.4 Å². The first kappa shape index (κ1) is 15.1. The number of aromatic amines is 1. The molecule has 4 heterocycles. The number of likely N-dealkylation sites (tertiary alicyclic amines) is 1. The summed E-state index contributed by atoms with van der Waals surface area (Å²) in [6.45, 7) is 0.747. The van der Waals surface area contributed by atoms with Crippen LogP contribution in [0, 0.1) is 0 Å². The molecule has 26 heavy (non-hydrogen) atoms. The Kier molecular flexibility index (Phi) is 3.44. The lowest BCUT2D eigenvalue weighted by atomic mass is 9.98. The predicted molar refractivity (Wildman–Crippen MR) is 96.7 cm³/mol. The molecule has 1 aliphatic rings. The monoisotopic (exact) mass is 346 g/mol. The number of H-pyrrole nitrogens is 1. The summed E-state index contributed by atoms with van der Waals surface area (Å²) in [5, 5.41) is 4.19. The lowest BCUT2D eigenvalue weighted by Crippen LogP contribution is -2.38. The molecular formula is C19H18N6O. The summed E-state index contributed by atoms with van der Waals surface area (Å²) in [6, 6.07) is 9.45. The van der Waals surface area contributed by atoms with Gasteiger partial charge >= 0.3 is 0 Å². The maximum atomic E-state index is 13.2. The molecule has 0 spiro atoms. The van der Waals surface area contributed by atoms with Gasteiger partial charge in [0.15, 0.2) is 5.65 Å². The van der Waals surface area contributed by atoms with Crippen molar-refractivity contribution < 1.29 is 4.79 Å². The van der Waals surface area contributed by atoms with E-state index in [-0.39, 0.29) is 11.9 Å². The zero-order valence-corrected chi connectivity index (χ0v) is 14.2. The number of nitrogens with one attached hydrogen (secondary N) is 1. The van der Waals surface area contributed by atoms with E-state index in [9.17, 15) is 4.79 Å². The molecule has 0 radical (unpaired) electrons. The lowest BCUT2D eigenvalue weighted by molar-refractivity contribution is 0.0606. The van der Waals surface area contributed by atoms with Crippen molar-refractivity contribution in [2.75, 3.05) is 6.54 Å². The highest BCUT2D eigenvalue weighted by atomic mass is 16.2. The van der Waals surface area contributed by atoms with Crippen molar-refractivity contribution in [2.24, 2.45) is 0 Å². The smallest absolute Gasteiger partial charge is 0.254 e. The summed E-state index contributed by atoms with van der Waals surface area (Å²) in [6.07, 6.45) is 8.33. The minimum absolute atomic E-state index is 0.00591. The van der Waals surface area contributed by atoms with Crippen LogP contribution in [0.3, 0.4) is 0 Å². The van der Waals surface area contributed by atoms with Crippen LogP contribution in [0.25, 0.3) is 16.7 Å². The van der Waals surface area contributed by atoms with Crippen molar-refractivity contribution >= 4 is 22.6 Å². The molecule has 1 N–H and O–H groups in total. The SMILES string of the molecule is O=C(c1ccc2nc[nH]c2c1)N1CCCCC1c1ccn2nccc2n1. The Hall–Kier alpha value is -3.22. The van der Waals surface area contributed by atoms with Gasteiger partial charge in [-0.2, -0.15) is 5.10 Å². The number of amides is 1. The van der Waals surface area contributed by atoms with E-state index in [0.29, 0.717) is 5.56 Å². The molecule has 1 fully saturated rings. The zero-order valence-electron chi connectivity index (χ0n) is 14.2. The first-order valence-corrected chi connectivity index (χ1v) is 8.84. The zero-order chi connectivity index (χ0) is 17.5. The largest absolute Gasteiger partial charge is 0.345 e. The van der Waals surface area contributed by atoms with E-state index in [0.717, 1.165) is 48.2 Å². The number of hydrogen-bond acceptors (Lipinski definition) is 4. The van der Waals surface area contributed by atoms with Gasteiger partial charge in [-0.25, -0.2) is 14.5 Å². The van der Waals surface area contributed by atoms with E-state index in [4.69, 9.17) is 4.98 Å². The molecule has 7 nitrogen and oxygen atoms in total. The number of carbonyl (C=O) groups is 1. The van der Waals surface area contributed by atoms with E-state index in [1.54, 1.807) is 17.0 Å². The fourth-order valence-corrected chi connectivity index (χ4v) is 3.73. The summed E-state index contributed by atoms with van der Waals surface area (Å²) in [5.41, 5.74) is 4.15. The van der Waals surface area contributed by atoms with Crippen LogP contribution in [-0.4, -0.2) is 41.9 Å². The summed E-state index contributed by atoms with van der Waals surface area (Å²) < 4.78 is 1.74. The van der Waals surface area contributed by atoms with Crippen molar-refractivity contribution in [1.82, 2.24) is 29.5 Å². The van der Waals surface area contributed by atoms with Crippen LogP contribution in [0.4, 0.5) is 0 Å². The molecule has 130 valence electrons. The minimum Gasteiger partial charge on any atom is -0.345 e. The lowest BCUT2D eigenvalue weighted by Gasteiger charge is -2.35. The maximum Gasteiger partial charge on any atom is 0.254 e. The molecule has 4 aromatic rings. The highest BCUT2D eigenvalue weighted by Gasteiger charge is 2.30. The molecule has 1 aliphatic heterocycles. The molecule has 5 rings (SSSR count). The molecule has 1 atom stereocenters. The van der Waals surface area contributed by atoms with Crippen molar-refractivity contribution in [3.8, 4) is 0 Å². The van der Waals surface area contributed by atoms with Gasteiger partial charge in [-0.05, 0) is 43.5 Å². The van der Waals surface area contributed by atoms with E-state index in [1.165, 1.54) is 0 Å². The number of imidazole rings is 1. The van der Waals surface area contributed by atoms with Gasteiger partial charge in [0.1, 0.15) is 0 Å². The van der Waals surface area contributed by atoms with Gasteiger partial charge in [-0.3, -0.25) is 4.79 Å². The summed E-state index contributed by atoms with van der Waals surface area (Å²) in [4.78, 5) is 27.2. The Morgan fingerprint density at radius 1 is 1.19 bits per heavy atom. The molecule has 1 aromatic carbocycles. The van der Waals surface area contributed by atoms with Gasteiger partial charge < -0.3 is 9.88 Å². The Morgan fingerprint density at radius 2 is 2.15 bits per heavy atom. The first-order valence-electron chi connectivity index (χ1n) is 8.84. The van der Waals surface area contributed by atoms with Gasteiger partial charge in [0.25, 0.3) is 5.91 Å². The second-order valence-electron chi connectivity index (χ2n) is 6.63. The number of benzene rings is 1. The second-order valence-corrected chi connectivity index (χ2v) is 6.63. The molecular weight excluding hydrogens is 328 g/mol. The third-order valence-corrected chi connectivity index (χ3v) is 5.05. The highest BCUT2D eigenvalue weighted by molar-refractivity contribution is 5.97. The summed E-state index contributed by atoms with van der Waals surface area (Å²) in [5.74, 6) is 0.0429. The number of piperidine rings is 1. The van der Waals surface area contributed by atoms with E-state index < -0.39 is 0 Å². The number of hydrogen-bond donors (Lipinski definition) is 1. The Balaban J connectivity index is 1.51. The van der Waals surface area contributed by atoms with Crippen LogP contribution in [0.1, 0.15) is 41.4 Å². The number of fused-ring (bicyclic) bond motifs is 2. The van der Waals surface area contributed by atoms with Crippen LogP contribution < -0.4 is 0 Å². The topological polar surface area (TPSA) is 79.2 Å².